The molecule has 0 aliphatic carbocycles. The van der Waals surface area contributed by atoms with Crippen LogP contribution in [0.5, 0.6) is 0 Å². The van der Waals surface area contributed by atoms with E-state index in [0.29, 0.717) is 0 Å². The summed E-state index contributed by atoms with van der Waals surface area (Å²) < 4.78 is 0. The third kappa shape index (κ3) is 3.50. The van der Waals surface area contributed by atoms with Crippen LogP contribution in [-0.4, -0.2) is 33.1 Å². The van der Waals surface area contributed by atoms with Crippen LogP contribution in [0.4, 0.5) is 0 Å². The van der Waals surface area contributed by atoms with Gasteiger partial charge in [-0.25, -0.2) is 0 Å². The molecule has 2 unspecified atom stereocenters. The summed E-state index contributed by atoms with van der Waals surface area (Å²) in [6, 6.07) is -1.39. The average Bonchev–Trinajstić information content (AvgIpc) is 1.97. The minimum atomic E-state index is -1.48. The molecule has 0 radical (unpaired) electrons. The maximum atomic E-state index is 10.4. The minimum Gasteiger partial charge on any atom is -0.481 e. The molecule has 2 atom stereocenters. The van der Waals surface area contributed by atoms with Crippen LogP contribution in [0.1, 0.15) is 13.3 Å². The summed E-state index contributed by atoms with van der Waals surface area (Å²) in [5.41, 5.74) is 0. The van der Waals surface area contributed by atoms with E-state index in [1.165, 1.54) is 0 Å². The first-order valence-electron chi connectivity index (χ1n) is 3.44. The Morgan fingerprint density at radius 2 is 1.92 bits per heavy atom. The van der Waals surface area contributed by atoms with Gasteiger partial charge in [0.2, 0.25) is 6.04 Å². The van der Waals surface area contributed by atoms with Gasteiger partial charge in [0.15, 0.2) is 0 Å². The zero-order valence-corrected chi connectivity index (χ0v) is 6.84. The second-order valence-corrected chi connectivity index (χ2v) is 2.57. The van der Waals surface area contributed by atoms with Gasteiger partial charge in [-0.1, -0.05) is 0 Å². The van der Waals surface area contributed by atoms with Crippen molar-refractivity contribution in [3.05, 3.63) is 10.1 Å². The Bertz CT molecular complexity index is 237. The van der Waals surface area contributed by atoms with Gasteiger partial charge in [-0.2, -0.15) is 0 Å². The van der Waals surface area contributed by atoms with Gasteiger partial charge < -0.3 is 10.2 Å². The Labute approximate surface area is 73.1 Å². The molecule has 0 saturated carbocycles. The monoisotopic (exact) mass is 191 g/mol. The van der Waals surface area contributed by atoms with Crippen molar-refractivity contribution < 1.29 is 24.7 Å². The van der Waals surface area contributed by atoms with E-state index in [2.05, 4.69) is 0 Å². The molecule has 0 heterocycles. The van der Waals surface area contributed by atoms with E-state index in [1.54, 1.807) is 0 Å². The molecular weight excluding hydrogens is 182 g/mol. The van der Waals surface area contributed by atoms with Gasteiger partial charge in [-0.05, 0) is 0 Å². The van der Waals surface area contributed by atoms with E-state index in [0.717, 1.165) is 6.92 Å². The van der Waals surface area contributed by atoms with Crippen LogP contribution < -0.4 is 0 Å². The van der Waals surface area contributed by atoms with Gasteiger partial charge in [-0.15, -0.1) is 0 Å². The fraction of sp³-hybridized carbons (Fsp3) is 0.667. The number of rotatable bonds is 5. The van der Waals surface area contributed by atoms with Crippen LogP contribution in [0.2, 0.25) is 0 Å². The van der Waals surface area contributed by atoms with Crippen LogP contribution in [-0.2, 0) is 9.59 Å². The molecule has 0 aliphatic heterocycles. The lowest BCUT2D eigenvalue weighted by atomic mass is 9.98. The molecule has 0 aromatic heterocycles. The molecule has 0 aromatic carbocycles. The fourth-order valence-electron chi connectivity index (χ4n) is 0.799. The third-order valence-corrected chi connectivity index (χ3v) is 1.63. The Morgan fingerprint density at radius 3 is 2.15 bits per heavy atom. The largest absolute Gasteiger partial charge is 0.481 e. The summed E-state index contributed by atoms with van der Waals surface area (Å²) in [4.78, 5) is 29.9. The quantitative estimate of drug-likeness (QED) is 0.460. The first-order chi connectivity index (χ1) is 5.86. The first kappa shape index (κ1) is 11.3. The molecule has 0 rings (SSSR count). The lowest BCUT2D eigenvalue weighted by Gasteiger charge is -2.10. The van der Waals surface area contributed by atoms with Crippen molar-refractivity contribution in [3.8, 4) is 0 Å². The Balaban J connectivity index is 4.51. The minimum absolute atomic E-state index is 0.739. The van der Waals surface area contributed by atoms with Crippen LogP contribution in [0.25, 0.3) is 0 Å². The number of carboxylic acids is 2. The van der Waals surface area contributed by atoms with E-state index in [-0.39, 0.29) is 0 Å². The fourth-order valence-corrected chi connectivity index (χ4v) is 0.799. The smallest absolute Gasteiger partial charge is 0.314 e. The van der Waals surface area contributed by atoms with Crippen molar-refractivity contribution in [3.63, 3.8) is 0 Å². The van der Waals surface area contributed by atoms with E-state index in [1.807, 2.05) is 0 Å². The summed E-state index contributed by atoms with van der Waals surface area (Å²) >= 11 is 0. The third-order valence-electron chi connectivity index (χ3n) is 1.63. The van der Waals surface area contributed by atoms with Gasteiger partial charge in [-0.3, -0.25) is 19.7 Å². The summed E-state index contributed by atoms with van der Waals surface area (Å²) in [5, 5.41) is 26.9. The van der Waals surface area contributed by atoms with Crippen molar-refractivity contribution in [2.45, 2.75) is 19.4 Å². The number of hydrogen-bond donors (Lipinski definition) is 2. The molecule has 0 saturated heterocycles. The van der Waals surface area contributed by atoms with Gasteiger partial charge in [0.25, 0.3) is 0 Å². The lowest BCUT2D eigenvalue weighted by molar-refractivity contribution is -0.525. The number of nitrogens with zero attached hydrogens (tertiary/aromatic N) is 1. The molecule has 0 aliphatic rings. The summed E-state index contributed by atoms with van der Waals surface area (Å²) in [7, 11) is 0. The number of carbonyl (C=O) groups is 2. The second-order valence-electron chi connectivity index (χ2n) is 2.57. The standard InChI is InChI=1S/C6H9NO6/c1-3(7(12)13)4(6(10)11)2-5(8)9/h3-4H,2H2,1H3,(H,8,9)(H,10,11). The number of nitro groups is 1. The van der Waals surface area contributed by atoms with Gasteiger partial charge in [0.05, 0.1) is 6.42 Å². The highest BCUT2D eigenvalue weighted by atomic mass is 16.6. The molecule has 0 spiro atoms. The summed E-state index contributed by atoms with van der Waals surface area (Å²) in [6.07, 6.45) is -0.739. The molecule has 0 amide bonds. The molecule has 74 valence electrons. The molecule has 0 aromatic rings. The zero-order chi connectivity index (χ0) is 10.6. The highest BCUT2D eigenvalue weighted by Gasteiger charge is 2.34. The van der Waals surface area contributed by atoms with Crippen LogP contribution >= 0.6 is 0 Å². The predicted octanol–water partition coefficient (Wildman–Crippen LogP) is -0.173. The van der Waals surface area contributed by atoms with Crippen molar-refractivity contribution in [2.75, 3.05) is 0 Å². The highest BCUT2D eigenvalue weighted by Crippen LogP contribution is 2.11. The van der Waals surface area contributed by atoms with Gasteiger partial charge >= 0.3 is 11.9 Å². The van der Waals surface area contributed by atoms with Crippen LogP contribution in [0.3, 0.4) is 0 Å². The average molecular weight is 191 g/mol. The normalized spacial score (nSPS) is 14.5. The van der Waals surface area contributed by atoms with E-state index >= 15 is 0 Å². The van der Waals surface area contributed by atoms with Crippen molar-refractivity contribution >= 4 is 11.9 Å². The molecular formula is C6H9NO6. The maximum Gasteiger partial charge on any atom is 0.314 e. The predicted molar refractivity (Wildman–Crippen MR) is 39.8 cm³/mol. The second kappa shape index (κ2) is 4.39. The molecule has 0 fully saturated rings. The van der Waals surface area contributed by atoms with Gasteiger partial charge in [0, 0.05) is 11.8 Å². The summed E-state index contributed by atoms with van der Waals surface area (Å²) in [5.74, 6) is -4.31. The lowest BCUT2D eigenvalue weighted by Crippen LogP contribution is -2.33. The van der Waals surface area contributed by atoms with Crippen molar-refractivity contribution in [1.82, 2.24) is 0 Å². The van der Waals surface area contributed by atoms with Crippen molar-refractivity contribution in [1.29, 1.82) is 0 Å². The van der Waals surface area contributed by atoms with E-state index < -0.39 is 35.2 Å². The zero-order valence-electron chi connectivity index (χ0n) is 6.84. The van der Waals surface area contributed by atoms with E-state index in [4.69, 9.17) is 10.2 Å². The first-order valence-corrected chi connectivity index (χ1v) is 3.44. The number of carboxylic acid groups (broad SMARTS) is 2. The SMILES string of the molecule is CC(C(CC(=O)O)C(=O)O)[N+](=O)[O-]. The van der Waals surface area contributed by atoms with Gasteiger partial charge in [0.1, 0.15) is 5.92 Å². The molecule has 2 N–H and O–H groups in total. The maximum absolute atomic E-state index is 10.4. The molecule has 0 bridgehead atoms. The summed E-state index contributed by atoms with van der Waals surface area (Å²) in [6.45, 7) is 1.07. The topological polar surface area (TPSA) is 118 Å². The molecule has 13 heavy (non-hydrogen) atoms. The number of aliphatic carboxylic acids is 2. The van der Waals surface area contributed by atoms with E-state index in [9.17, 15) is 19.7 Å². The van der Waals surface area contributed by atoms with Crippen molar-refractivity contribution in [2.24, 2.45) is 5.92 Å². The Kier molecular flexibility index (Phi) is 3.83. The Hall–Kier alpha value is -1.66. The Morgan fingerprint density at radius 1 is 1.46 bits per heavy atom. The highest BCUT2D eigenvalue weighted by molar-refractivity contribution is 5.78. The molecule has 7 nitrogen and oxygen atoms in total. The number of hydrogen-bond acceptors (Lipinski definition) is 4. The van der Waals surface area contributed by atoms with Crippen LogP contribution in [0, 0.1) is 16.0 Å². The molecule has 7 heteroatoms. The van der Waals surface area contributed by atoms with Crippen LogP contribution in [0.15, 0.2) is 0 Å².